The highest BCUT2D eigenvalue weighted by Crippen LogP contribution is 2.26. The lowest BCUT2D eigenvalue weighted by molar-refractivity contribution is 0.0561. The average Bonchev–Trinajstić information content (AvgIpc) is 2.31. The molecular weight excluding hydrogens is 232 g/mol. The molecule has 1 saturated carbocycles. The van der Waals surface area contributed by atoms with Gasteiger partial charge in [-0.2, -0.15) is 0 Å². The molecule has 1 aromatic rings. The molecule has 98 valence electrons. The molecule has 0 aromatic carbocycles. The van der Waals surface area contributed by atoms with Crippen LogP contribution in [0.2, 0.25) is 0 Å². The first kappa shape index (κ1) is 12.8. The van der Waals surface area contributed by atoms with Crippen LogP contribution in [-0.4, -0.2) is 45.2 Å². The summed E-state index contributed by atoms with van der Waals surface area (Å²) in [6.45, 7) is 0.629. The second-order valence-electron chi connectivity index (χ2n) is 4.59. The normalized spacial score (nSPS) is 15.2. The minimum absolute atomic E-state index is 0.00318. The summed E-state index contributed by atoms with van der Waals surface area (Å²) >= 11 is 0. The van der Waals surface area contributed by atoms with E-state index in [-0.39, 0.29) is 24.3 Å². The van der Waals surface area contributed by atoms with Gasteiger partial charge in [0, 0.05) is 25.4 Å². The second kappa shape index (κ2) is 5.82. The molecule has 1 aliphatic rings. The van der Waals surface area contributed by atoms with Crippen molar-refractivity contribution in [2.45, 2.75) is 31.7 Å². The number of aromatic nitrogens is 1. The molecule has 0 unspecified atom stereocenters. The Balaban J connectivity index is 2.11. The van der Waals surface area contributed by atoms with Crippen molar-refractivity contribution in [3.8, 4) is 5.75 Å². The zero-order valence-electron chi connectivity index (χ0n) is 10.2. The molecule has 0 spiro atoms. The zero-order valence-corrected chi connectivity index (χ0v) is 10.2. The number of hydrogen-bond acceptors (Lipinski definition) is 4. The topological polar surface area (TPSA) is 73.7 Å². The molecule has 5 nitrogen and oxygen atoms in total. The van der Waals surface area contributed by atoms with Gasteiger partial charge >= 0.3 is 0 Å². The lowest BCUT2D eigenvalue weighted by Crippen LogP contribution is -2.45. The number of hydrogen-bond donors (Lipinski definition) is 2. The van der Waals surface area contributed by atoms with Crippen molar-refractivity contribution in [1.29, 1.82) is 0 Å². The Labute approximate surface area is 106 Å². The third-order valence-electron chi connectivity index (χ3n) is 3.30. The van der Waals surface area contributed by atoms with Gasteiger partial charge in [-0.1, -0.05) is 0 Å². The predicted octanol–water partition coefficient (Wildman–Crippen LogP) is 1.16. The van der Waals surface area contributed by atoms with E-state index in [0.717, 1.165) is 19.3 Å². The van der Waals surface area contributed by atoms with E-state index in [9.17, 15) is 9.90 Å². The summed E-state index contributed by atoms with van der Waals surface area (Å²) in [4.78, 5) is 17.9. The van der Waals surface area contributed by atoms with E-state index >= 15 is 0 Å². The van der Waals surface area contributed by atoms with Crippen LogP contribution in [0.3, 0.4) is 0 Å². The van der Waals surface area contributed by atoms with Gasteiger partial charge in [0.05, 0.1) is 11.8 Å². The molecule has 1 aliphatic carbocycles. The van der Waals surface area contributed by atoms with Crippen LogP contribution < -0.4 is 0 Å². The largest absolute Gasteiger partial charge is 0.506 e. The predicted molar refractivity (Wildman–Crippen MR) is 66.3 cm³/mol. The van der Waals surface area contributed by atoms with Gasteiger partial charge in [0.2, 0.25) is 0 Å². The van der Waals surface area contributed by atoms with Crippen LogP contribution >= 0.6 is 0 Å². The van der Waals surface area contributed by atoms with Crippen molar-refractivity contribution < 1.29 is 15.0 Å². The van der Waals surface area contributed by atoms with Gasteiger partial charge in [-0.15, -0.1) is 0 Å². The fourth-order valence-corrected chi connectivity index (χ4v) is 2.10. The number of aliphatic hydroxyl groups excluding tert-OH is 1. The first-order valence-corrected chi connectivity index (χ1v) is 6.28. The summed E-state index contributed by atoms with van der Waals surface area (Å²) in [7, 11) is 0. The summed E-state index contributed by atoms with van der Waals surface area (Å²) in [5.74, 6) is -0.117. The number of pyridine rings is 1. The Morgan fingerprint density at radius 3 is 2.78 bits per heavy atom. The summed E-state index contributed by atoms with van der Waals surface area (Å²) in [6.07, 6.45) is 6.53. The molecule has 1 fully saturated rings. The van der Waals surface area contributed by atoms with Crippen LogP contribution in [0.4, 0.5) is 0 Å². The lowest BCUT2D eigenvalue weighted by atomic mass is 9.91. The number of aliphatic hydroxyl groups is 1. The Hall–Kier alpha value is -1.62. The third-order valence-corrected chi connectivity index (χ3v) is 3.30. The lowest BCUT2D eigenvalue weighted by Gasteiger charge is -2.37. The van der Waals surface area contributed by atoms with Crippen LogP contribution in [0.5, 0.6) is 5.75 Å². The van der Waals surface area contributed by atoms with Gasteiger partial charge in [0.1, 0.15) is 5.75 Å². The van der Waals surface area contributed by atoms with Crippen LogP contribution in [0.15, 0.2) is 18.5 Å². The zero-order chi connectivity index (χ0) is 13.0. The maximum absolute atomic E-state index is 12.3. The molecule has 1 aromatic heterocycles. The molecule has 18 heavy (non-hydrogen) atoms. The van der Waals surface area contributed by atoms with Gasteiger partial charge in [-0.3, -0.25) is 9.78 Å². The van der Waals surface area contributed by atoms with E-state index in [1.54, 1.807) is 4.90 Å². The molecule has 0 radical (unpaired) electrons. The highest BCUT2D eigenvalue weighted by atomic mass is 16.3. The van der Waals surface area contributed by atoms with E-state index in [2.05, 4.69) is 4.98 Å². The van der Waals surface area contributed by atoms with Crippen molar-refractivity contribution in [3.05, 3.63) is 24.0 Å². The minimum Gasteiger partial charge on any atom is -0.506 e. The summed E-state index contributed by atoms with van der Waals surface area (Å²) in [5, 5.41) is 18.3. The first-order chi connectivity index (χ1) is 8.72. The molecule has 5 heteroatoms. The Morgan fingerprint density at radius 2 is 2.22 bits per heavy atom. The van der Waals surface area contributed by atoms with Crippen LogP contribution in [0, 0.1) is 0 Å². The number of amides is 1. The van der Waals surface area contributed by atoms with E-state index in [1.807, 2.05) is 0 Å². The van der Waals surface area contributed by atoms with Crippen molar-refractivity contribution in [2.75, 3.05) is 13.2 Å². The molecule has 2 N–H and O–H groups in total. The van der Waals surface area contributed by atoms with E-state index < -0.39 is 0 Å². The molecule has 0 aliphatic heterocycles. The van der Waals surface area contributed by atoms with E-state index in [0.29, 0.717) is 18.5 Å². The molecule has 2 rings (SSSR count). The smallest absolute Gasteiger partial charge is 0.255 e. The first-order valence-electron chi connectivity index (χ1n) is 6.28. The van der Waals surface area contributed by atoms with Gasteiger partial charge in [-0.05, 0) is 31.7 Å². The average molecular weight is 250 g/mol. The molecule has 1 amide bonds. The fraction of sp³-hybridized carbons (Fsp3) is 0.538. The Morgan fingerprint density at radius 1 is 1.44 bits per heavy atom. The summed E-state index contributed by atoms with van der Waals surface area (Å²) < 4.78 is 0. The number of carbonyl (C=O) groups is 1. The maximum atomic E-state index is 12.3. The van der Waals surface area contributed by atoms with Crippen molar-refractivity contribution in [1.82, 2.24) is 9.88 Å². The molecule has 0 saturated heterocycles. The third kappa shape index (κ3) is 2.79. The molecular formula is C13H18N2O3. The van der Waals surface area contributed by atoms with Gasteiger partial charge in [-0.25, -0.2) is 0 Å². The fourth-order valence-electron chi connectivity index (χ4n) is 2.10. The van der Waals surface area contributed by atoms with Gasteiger partial charge in [0.25, 0.3) is 5.91 Å². The van der Waals surface area contributed by atoms with Crippen molar-refractivity contribution in [3.63, 3.8) is 0 Å². The standard InChI is InChI=1S/C13H18N2O3/c16-6-2-5-15(11-3-1-4-11)13(18)10-7-12(17)9-14-8-10/h7-9,11,16-17H,1-6H2. The molecule has 0 bridgehead atoms. The minimum atomic E-state index is -0.114. The van der Waals surface area contributed by atoms with E-state index in [4.69, 9.17) is 5.11 Å². The highest BCUT2D eigenvalue weighted by molar-refractivity contribution is 5.94. The number of nitrogens with zero attached hydrogens (tertiary/aromatic N) is 2. The molecule has 0 atom stereocenters. The Kier molecular flexibility index (Phi) is 4.15. The molecule has 1 heterocycles. The number of rotatable bonds is 5. The Bertz CT molecular complexity index is 418. The van der Waals surface area contributed by atoms with Crippen LogP contribution in [-0.2, 0) is 0 Å². The van der Waals surface area contributed by atoms with Crippen LogP contribution in [0.25, 0.3) is 0 Å². The summed E-state index contributed by atoms with van der Waals surface area (Å²) in [6, 6.07) is 1.70. The van der Waals surface area contributed by atoms with E-state index in [1.165, 1.54) is 18.5 Å². The number of aromatic hydroxyl groups is 1. The SMILES string of the molecule is O=C(c1cncc(O)c1)N(CCCO)C1CCC1. The van der Waals surface area contributed by atoms with Gasteiger partial charge < -0.3 is 15.1 Å². The monoisotopic (exact) mass is 250 g/mol. The summed E-state index contributed by atoms with van der Waals surface area (Å²) in [5.41, 5.74) is 0.403. The second-order valence-corrected chi connectivity index (χ2v) is 4.59. The quantitative estimate of drug-likeness (QED) is 0.822. The van der Waals surface area contributed by atoms with Crippen molar-refractivity contribution in [2.24, 2.45) is 0 Å². The maximum Gasteiger partial charge on any atom is 0.255 e. The van der Waals surface area contributed by atoms with Crippen molar-refractivity contribution >= 4 is 5.91 Å². The highest BCUT2D eigenvalue weighted by Gasteiger charge is 2.29. The number of carbonyl (C=O) groups excluding carboxylic acids is 1. The van der Waals surface area contributed by atoms with Crippen LogP contribution in [0.1, 0.15) is 36.0 Å². The van der Waals surface area contributed by atoms with Gasteiger partial charge in [0.15, 0.2) is 0 Å².